The molecule has 4 N–H and O–H groups in total. The second kappa shape index (κ2) is 12.0. The Morgan fingerprint density at radius 2 is 1.68 bits per heavy atom. The van der Waals surface area contributed by atoms with Gasteiger partial charge in [-0.3, -0.25) is 19.3 Å². The molecule has 0 fully saturated rings. The van der Waals surface area contributed by atoms with Crippen molar-refractivity contribution in [2.24, 2.45) is 11.1 Å². The zero-order valence-electron chi connectivity index (χ0n) is 17.3. The van der Waals surface area contributed by atoms with Crippen molar-refractivity contribution in [2.75, 3.05) is 13.1 Å². The van der Waals surface area contributed by atoms with Gasteiger partial charge in [0.1, 0.15) is 6.04 Å². The van der Waals surface area contributed by atoms with Crippen LogP contribution in [0.1, 0.15) is 40.0 Å². The Kier molecular flexibility index (Phi) is 10.9. The number of nitrogens with zero attached hydrogens (tertiary/aromatic N) is 1. The molecule has 0 bridgehead atoms. The molecule has 1 heterocycles. The number of carbonyl (C=O) groups is 5. The number of alkyl halides is 2. The summed E-state index contributed by atoms with van der Waals surface area (Å²) in [5, 5.41) is 11.2. The van der Waals surface area contributed by atoms with Gasteiger partial charge in [-0.2, -0.15) is 8.78 Å². The van der Waals surface area contributed by atoms with Crippen LogP contribution in [0.4, 0.5) is 13.3 Å². The lowest BCUT2D eigenvalue weighted by molar-refractivity contribution is -0.225. The third kappa shape index (κ3) is 8.74. The minimum atomic E-state index is -3.79. The molecule has 0 aromatic heterocycles. The van der Waals surface area contributed by atoms with Crippen molar-refractivity contribution < 1.29 is 47.3 Å². The van der Waals surface area contributed by atoms with E-state index in [0.717, 1.165) is 25.7 Å². The lowest BCUT2D eigenvalue weighted by Crippen LogP contribution is -2.43. The maximum atomic E-state index is 12.6. The summed E-state index contributed by atoms with van der Waals surface area (Å²) in [6.07, 6.45) is 3.54. The van der Waals surface area contributed by atoms with E-state index < -0.39 is 35.2 Å². The summed E-state index contributed by atoms with van der Waals surface area (Å²) in [4.78, 5) is 58.2. The summed E-state index contributed by atoms with van der Waals surface area (Å²) in [5.74, 6) is -8.33. The monoisotopic (exact) mass is 453 g/mol. The molecule has 1 aliphatic rings. The quantitative estimate of drug-likeness (QED) is 0.340. The Labute approximate surface area is 176 Å². The molecule has 10 nitrogen and oxygen atoms in total. The van der Waals surface area contributed by atoms with Crippen molar-refractivity contribution in [3.8, 4) is 0 Å². The summed E-state index contributed by atoms with van der Waals surface area (Å²) in [6.45, 7) is 3.31. The predicted molar refractivity (Wildman–Crippen MR) is 99.9 cm³/mol. The minimum Gasteiger partial charge on any atom is -0.480 e. The highest BCUT2D eigenvalue weighted by Crippen LogP contribution is 2.36. The van der Waals surface area contributed by atoms with E-state index in [1.807, 2.05) is 0 Å². The number of carbonyl (C=O) groups excluding carboxylic acids is 4. The van der Waals surface area contributed by atoms with Gasteiger partial charge >= 0.3 is 17.9 Å². The molecule has 31 heavy (non-hydrogen) atoms. The predicted octanol–water partition coefficient (Wildman–Crippen LogP) is 0.705. The van der Waals surface area contributed by atoms with E-state index in [2.05, 4.69) is 10.3 Å². The molecule has 0 saturated carbocycles. The highest BCUT2D eigenvalue weighted by atomic mass is 19.3. The number of nitrogens with one attached hydrogen (secondary N) is 1. The van der Waals surface area contributed by atoms with Crippen LogP contribution in [-0.2, 0) is 28.9 Å². The van der Waals surface area contributed by atoms with E-state index in [4.69, 9.17) is 10.8 Å². The van der Waals surface area contributed by atoms with Crippen LogP contribution in [0.3, 0.4) is 0 Å². The van der Waals surface area contributed by atoms with Gasteiger partial charge in [0, 0.05) is 28.6 Å². The first kappa shape index (κ1) is 28.0. The average Bonchev–Trinajstić information content (AvgIpc) is 3.00. The Bertz CT molecular complexity index is 703. The van der Waals surface area contributed by atoms with Gasteiger partial charge in [0.25, 0.3) is 11.8 Å². The van der Waals surface area contributed by atoms with Crippen LogP contribution in [0.2, 0.25) is 0 Å². The van der Waals surface area contributed by atoms with Gasteiger partial charge in [-0.15, -0.1) is 0 Å². The number of nitrogens with two attached hydrogens (primary N) is 1. The molecule has 1 atom stereocenters. The SMILES string of the molecule is CC(C)(C)C(F)(F)C(=O)OF.NCC(=O)N[C@@H](CCCCN1C(=O)C=CC1=O)C(=O)O. The Hall–Kier alpha value is -2.96. The standard InChI is InChI=1S/C12H17N3O5.C6H9F3O2/c13-7-9(16)14-8(12(19)20)3-1-2-6-15-10(17)4-5-11(15)18;1-5(2,3)6(7,8)4(10)11-9/h4-5,8H,1-3,6-7,13H2,(H,14,16)(H,19,20);1-3H3/t8-;/m0./s1. The largest absolute Gasteiger partial charge is 0.480 e. The van der Waals surface area contributed by atoms with Gasteiger partial charge < -0.3 is 16.2 Å². The van der Waals surface area contributed by atoms with Crippen molar-refractivity contribution in [1.29, 1.82) is 0 Å². The number of unbranched alkanes of at least 4 members (excludes halogenated alkanes) is 1. The van der Waals surface area contributed by atoms with E-state index in [0.29, 0.717) is 12.8 Å². The zero-order chi connectivity index (χ0) is 24.4. The van der Waals surface area contributed by atoms with Crippen molar-refractivity contribution in [1.82, 2.24) is 10.2 Å². The minimum absolute atomic E-state index is 0.213. The Balaban J connectivity index is 0.000000695. The summed E-state index contributed by atoms with van der Waals surface area (Å²) in [7, 11) is 0. The number of aliphatic carboxylic acids is 1. The molecule has 0 aromatic carbocycles. The number of amides is 3. The fourth-order valence-corrected chi connectivity index (χ4v) is 2.14. The fourth-order valence-electron chi connectivity index (χ4n) is 2.14. The molecule has 0 unspecified atom stereocenters. The van der Waals surface area contributed by atoms with E-state index >= 15 is 0 Å². The third-order valence-corrected chi connectivity index (χ3v) is 4.11. The van der Waals surface area contributed by atoms with Crippen molar-refractivity contribution in [3.05, 3.63) is 12.2 Å². The number of hydrogen-bond donors (Lipinski definition) is 3. The number of imide groups is 1. The normalized spacial score (nSPS) is 14.6. The lowest BCUT2D eigenvalue weighted by atomic mass is 9.88. The molecule has 0 aromatic rings. The first-order valence-corrected chi connectivity index (χ1v) is 9.15. The maximum Gasteiger partial charge on any atom is 0.418 e. The van der Waals surface area contributed by atoms with Crippen LogP contribution in [0.25, 0.3) is 0 Å². The molecule has 1 rings (SSSR count). The number of carboxylic acid groups (broad SMARTS) is 1. The highest BCUT2D eigenvalue weighted by molar-refractivity contribution is 6.12. The number of rotatable bonds is 9. The molecule has 0 radical (unpaired) electrons. The Morgan fingerprint density at radius 1 is 1.16 bits per heavy atom. The van der Waals surface area contributed by atoms with Gasteiger partial charge in [-0.05, 0) is 19.3 Å². The van der Waals surface area contributed by atoms with E-state index in [-0.39, 0.29) is 31.3 Å². The van der Waals surface area contributed by atoms with Gasteiger partial charge in [-0.1, -0.05) is 20.8 Å². The van der Waals surface area contributed by atoms with E-state index in [9.17, 15) is 37.3 Å². The number of hydrogen-bond acceptors (Lipinski definition) is 7. The summed E-state index contributed by atoms with van der Waals surface area (Å²) < 4.78 is 36.3. The average molecular weight is 453 g/mol. The van der Waals surface area contributed by atoms with E-state index in [1.165, 1.54) is 12.2 Å². The Morgan fingerprint density at radius 3 is 2.03 bits per heavy atom. The molecular formula is C18H26F3N3O7. The van der Waals surface area contributed by atoms with Gasteiger partial charge in [0.05, 0.1) is 6.54 Å². The second-order valence-corrected chi connectivity index (χ2v) is 7.51. The van der Waals surface area contributed by atoms with Crippen LogP contribution in [0.15, 0.2) is 12.2 Å². The second-order valence-electron chi connectivity index (χ2n) is 7.51. The van der Waals surface area contributed by atoms with Crippen molar-refractivity contribution in [2.45, 2.75) is 52.0 Å². The van der Waals surface area contributed by atoms with Gasteiger partial charge in [0.15, 0.2) is 0 Å². The molecule has 176 valence electrons. The number of carboxylic acids is 1. The third-order valence-electron chi connectivity index (χ3n) is 4.11. The summed E-state index contributed by atoms with van der Waals surface area (Å²) in [5.41, 5.74) is 3.47. The maximum absolute atomic E-state index is 12.6. The lowest BCUT2D eigenvalue weighted by Gasteiger charge is -2.25. The molecule has 13 heteroatoms. The highest BCUT2D eigenvalue weighted by Gasteiger charge is 2.52. The van der Waals surface area contributed by atoms with Crippen molar-refractivity contribution in [3.63, 3.8) is 0 Å². The molecule has 0 saturated heterocycles. The number of halogens is 3. The van der Waals surface area contributed by atoms with Crippen molar-refractivity contribution >= 4 is 29.7 Å². The van der Waals surface area contributed by atoms with Gasteiger partial charge in [-0.25, -0.2) is 14.5 Å². The topological polar surface area (TPSA) is 156 Å². The van der Waals surface area contributed by atoms with Crippen LogP contribution in [0.5, 0.6) is 0 Å². The van der Waals surface area contributed by atoms with Gasteiger partial charge in [0.2, 0.25) is 5.91 Å². The summed E-state index contributed by atoms with van der Waals surface area (Å²) in [6, 6.07) is -1.01. The summed E-state index contributed by atoms with van der Waals surface area (Å²) >= 11 is 0. The smallest absolute Gasteiger partial charge is 0.418 e. The molecule has 1 aliphatic heterocycles. The molecule has 0 aliphatic carbocycles. The fraction of sp³-hybridized carbons (Fsp3) is 0.611. The van der Waals surface area contributed by atoms with Crippen LogP contribution in [0, 0.1) is 5.41 Å². The first-order valence-electron chi connectivity index (χ1n) is 9.15. The molecular weight excluding hydrogens is 427 g/mol. The zero-order valence-corrected chi connectivity index (χ0v) is 17.3. The first-order chi connectivity index (χ1) is 14.2. The molecule has 3 amide bonds. The van der Waals surface area contributed by atoms with Crippen LogP contribution < -0.4 is 11.1 Å². The van der Waals surface area contributed by atoms with E-state index in [1.54, 1.807) is 0 Å². The van der Waals surface area contributed by atoms with Crippen LogP contribution in [-0.4, -0.2) is 64.7 Å². The van der Waals surface area contributed by atoms with Crippen LogP contribution >= 0.6 is 0 Å². The molecule has 0 spiro atoms.